The topological polar surface area (TPSA) is 36.3 Å². The van der Waals surface area contributed by atoms with Gasteiger partial charge in [0.05, 0.1) is 6.61 Å². The lowest BCUT2D eigenvalue weighted by Gasteiger charge is -2.16. The second-order valence-electron chi connectivity index (χ2n) is 5.25. The van der Waals surface area contributed by atoms with Crippen LogP contribution >= 0.6 is 0 Å². The zero-order chi connectivity index (χ0) is 13.5. The number of hydrogen-bond donors (Lipinski definition) is 1. The molecule has 1 aromatic rings. The van der Waals surface area contributed by atoms with Gasteiger partial charge in [-0.3, -0.25) is 5.41 Å². The van der Waals surface area contributed by atoms with Gasteiger partial charge in [-0.15, -0.1) is 0 Å². The maximum Gasteiger partial charge on any atom is 0.129 e. The van der Waals surface area contributed by atoms with E-state index in [1.54, 1.807) is 0 Å². The number of aryl methyl sites for hydroxylation is 1. The number of rotatable bonds is 1. The van der Waals surface area contributed by atoms with Crippen molar-refractivity contribution >= 4 is 5.84 Å². The van der Waals surface area contributed by atoms with Crippen LogP contribution in [0.3, 0.4) is 0 Å². The lowest BCUT2D eigenvalue weighted by molar-refractivity contribution is 0.168. The van der Waals surface area contributed by atoms with Crippen molar-refractivity contribution in [2.45, 2.75) is 27.7 Å². The van der Waals surface area contributed by atoms with Crippen LogP contribution in [-0.2, 0) is 4.74 Å². The SMILES string of the molecule is CC(C)C.Cc1ccc(C(=N)N2CCOC2)cc1. The van der Waals surface area contributed by atoms with Crippen molar-refractivity contribution in [1.82, 2.24) is 4.90 Å². The third-order valence-corrected chi connectivity index (χ3v) is 2.39. The van der Waals surface area contributed by atoms with Gasteiger partial charge in [0, 0.05) is 12.1 Å². The monoisotopic (exact) mass is 248 g/mol. The largest absolute Gasteiger partial charge is 0.359 e. The predicted octanol–water partition coefficient (Wildman–Crippen LogP) is 3.27. The van der Waals surface area contributed by atoms with Gasteiger partial charge in [0.1, 0.15) is 12.6 Å². The first-order valence-electron chi connectivity index (χ1n) is 6.49. The molecule has 0 aromatic heterocycles. The van der Waals surface area contributed by atoms with E-state index in [4.69, 9.17) is 10.1 Å². The molecular weight excluding hydrogens is 224 g/mol. The van der Waals surface area contributed by atoms with Crippen LogP contribution in [0.2, 0.25) is 0 Å². The van der Waals surface area contributed by atoms with Crippen molar-refractivity contribution in [3.05, 3.63) is 35.4 Å². The van der Waals surface area contributed by atoms with Crippen molar-refractivity contribution in [3.8, 4) is 0 Å². The van der Waals surface area contributed by atoms with E-state index in [1.807, 2.05) is 36.1 Å². The van der Waals surface area contributed by atoms with Gasteiger partial charge >= 0.3 is 0 Å². The molecule has 100 valence electrons. The Morgan fingerprint density at radius 3 is 2.22 bits per heavy atom. The minimum atomic E-state index is 0.548. The molecule has 0 atom stereocenters. The van der Waals surface area contributed by atoms with Crippen LogP contribution in [0, 0.1) is 18.3 Å². The average molecular weight is 248 g/mol. The molecule has 0 amide bonds. The third kappa shape index (κ3) is 4.88. The van der Waals surface area contributed by atoms with Gasteiger partial charge in [0.25, 0.3) is 0 Å². The molecule has 1 aliphatic rings. The summed E-state index contributed by atoms with van der Waals surface area (Å²) in [5.41, 5.74) is 2.18. The Kier molecular flexibility index (Phi) is 5.86. The molecule has 0 unspecified atom stereocenters. The highest BCUT2D eigenvalue weighted by molar-refractivity contribution is 5.96. The molecule has 1 saturated heterocycles. The van der Waals surface area contributed by atoms with E-state index < -0.39 is 0 Å². The fourth-order valence-electron chi connectivity index (χ4n) is 1.48. The molecule has 3 heteroatoms. The van der Waals surface area contributed by atoms with Gasteiger partial charge in [-0.05, 0) is 12.8 Å². The summed E-state index contributed by atoms with van der Waals surface area (Å²) in [6.45, 7) is 10.7. The van der Waals surface area contributed by atoms with E-state index in [-0.39, 0.29) is 0 Å². The molecule has 0 bridgehead atoms. The highest BCUT2D eigenvalue weighted by Crippen LogP contribution is 2.09. The van der Waals surface area contributed by atoms with Crippen LogP contribution in [0.4, 0.5) is 0 Å². The van der Waals surface area contributed by atoms with E-state index in [0.717, 1.165) is 24.6 Å². The van der Waals surface area contributed by atoms with E-state index in [1.165, 1.54) is 5.56 Å². The Labute approximate surface area is 110 Å². The Morgan fingerprint density at radius 1 is 1.22 bits per heavy atom. The van der Waals surface area contributed by atoms with Crippen molar-refractivity contribution in [3.63, 3.8) is 0 Å². The minimum Gasteiger partial charge on any atom is -0.359 e. The first-order chi connectivity index (χ1) is 8.50. The third-order valence-electron chi connectivity index (χ3n) is 2.39. The number of nitrogens with zero attached hydrogens (tertiary/aromatic N) is 1. The molecule has 0 radical (unpaired) electrons. The fraction of sp³-hybridized carbons (Fsp3) is 0.533. The van der Waals surface area contributed by atoms with Gasteiger partial charge < -0.3 is 9.64 Å². The first-order valence-corrected chi connectivity index (χ1v) is 6.49. The summed E-state index contributed by atoms with van der Waals surface area (Å²) in [5, 5.41) is 7.94. The summed E-state index contributed by atoms with van der Waals surface area (Å²) in [6.07, 6.45) is 0. The van der Waals surface area contributed by atoms with E-state index in [2.05, 4.69) is 20.8 Å². The quantitative estimate of drug-likeness (QED) is 0.611. The number of benzene rings is 1. The van der Waals surface area contributed by atoms with Gasteiger partial charge in [0.15, 0.2) is 0 Å². The molecule has 1 fully saturated rings. The first kappa shape index (κ1) is 14.7. The second kappa shape index (κ2) is 7.17. The maximum absolute atomic E-state index is 7.94. The lowest BCUT2D eigenvalue weighted by atomic mass is 10.1. The van der Waals surface area contributed by atoms with Gasteiger partial charge in [0.2, 0.25) is 0 Å². The van der Waals surface area contributed by atoms with E-state index >= 15 is 0 Å². The van der Waals surface area contributed by atoms with E-state index in [9.17, 15) is 0 Å². The van der Waals surface area contributed by atoms with Crippen LogP contribution in [0.1, 0.15) is 31.9 Å². The molecule has 2 rings (SSSR count). The Morgan fingerprint density at radius 2 is 1.78 bits per heavy atom. The van der Waals surface area contributed by atoms with Crippen molar-refractivity contribution in [2.24, 2.45) is 5.92 Å². The summed E-state index contributed by atoms with van der Waals surface area (Å²) in [6, 6.07) is 8.02. The summed E-state index contributed by atoms with van der Waals surface area (Å²) in [7, 11) is 0. The maximum atomic E-state index is 7.94. The average Bonchev–Trinajstić information content (AvgIpc) is 2.81. The molecule has 1 heterocycles. The normalized spacial score (nSPS) is 14.4. The number of amidine groups is 1. The van der Waals surface area contributed by atoms with Crippen LogP contribution in [0.15, 0.2) is 24.3 Å². The van der Waals surface area contributed by atoms with Crippen LogP contribution in [-0.4, -0.2) is 30.6 Å². The van der Waals surface area contributed by atoms with Crippen molar-refractivity contribution < 1.29 is 4.74 Å². The summed E-state index contributed by atoms with van der Waals surface area (Å²) >= 11 is 0. The van der Waals surface area contributed by atoms with Crippen molar-refractivity contribution in [1.29, 1.82) is 5.41 Å². The molecule has 1 aliphatic heterocycles. The molecule has 0 saturated carbocycles. The summed E-state index contributed by atoms with van der Waals surface area (Å²) in [5.74, 6) is 1.39. The Balaban J connectivity index is 0.000000357. The smallest absolute Gasteiger partial charge is 0.129 e. The number of hydrogen-bond acceptors (Lipinski definition) is 2. The van der Waals surface area contributed by atoms with Crippen LogP contribution < -0.4 is 0 Å². The number of ether oxygens (including phenoxy) is 1. The molecule has 1 aromatic carbocycles. The van der Waals surface area contributed by atoms with Crippen LogP contribution in [0.5, 0.6) is 0 Å². The van der Waals surface area contributed by atoms with Gasteiger partial charge in [-0.2, -0.15) is 0 Å². The highest BCUT2D eigenvalue weighted by atomic mass is 16.5. The summed E-state index contributed by atoms with van der Waals surface area (Å²) in [4.78, 5) is 1.94. The fourth-order valence-corrected chi connectivity index (χ4v) is 1.48. The van der Waals surface area contributed by atoms with Gasteiger partial charge in [-0.1, -0.05) is 50.6 Å². The Hall–Kier alpha value is -1.35. The molecule has 1 N–H and O–H groups in total. The standard InChI is InChI=1S/C11H14N2O.C4H10/c1-9-2-4-10(5-3-9)11(12)13-6-7-14-8-13;1-4(2)3/h2-5,12H,6-8H2,1H3;4H,1-3H3. The summed E-state index contributed by atoms with van der Waals surface area (Å²) < 4.78 is 5.21. The van der Waals surface area contributed by atoms with Crippen molar-refractivity contribution in [2.75, 3.05) is 19.9 Å². The lowest BCUT2D eigenvalue weighted by Crippen LogP contribution is -2.28. The predicted molar refractivity (Wildman–Crippen MR) is 76.0 cm³/mol. The van der Waals surface area contributed by atoms with Gasteiger partial charge in [-0.25, -0.2) is 0 Å². The molecule has 18 heavy (non-hydrogen) atoms. The zero-order valence-corrected chi connectivity index (χ0v) is 11.9. The second-order valence-corrected chi connectivity index (χ2v) is 5.25. The molecular formula is C15H24N2O. The van der Waals surface area contributed by atoms with E-state index in [0.29, 0.717) is 12.6 Å². The minimum absolute atomic E-state index is 0.548. The molecule has 3 nitrogen and oxygen atoms in total. The molecule has 0 spiro atoms. The zero-order valence-electron chi connectivity index (χ0n) is 11.9. The van der Waals surface area contributed by atoms with Crippen LogP contribution in [0.25, 0.3) is 0 Å². The number of nitrogens with one attached hydrogen (secondary N) is 1. The Bertz CT molecular complexity index is 362. The highest BCUT2D eigenvalue weighted by Gasteiger charge is 2.16. The molecule has 0 aliphatic carbocycles.